The maximum Gasteiger partial charge on any atom is 0.230 e. The zero-order valence-corrected chi connectivity index (χ0v) is 12.4. The van der Waals surface area contributed by atoms with Crippen LogP contribution in [-0.4, -0.2) is 17.9 Å². The first kappa shape index (κ1) is 14.7. The van der Waals surface area contributed by atoms with Crippen LogP contribution in [0.3, 0.4) is 0 Å². The fourth-order valence-corrected chi connectivity index (χ4v) is 2.50. The number of carbonyl (C=O) groups is 1. The van der Waals surface area contributed by atoms with Crippen LogP contribution in [0.4, 0.5) is 0 Å². The van der Waals surface area contributed by atoms with Gasteiger partial charge in [-0.1, -0.05) is 60.7 Å². The summed E-state index contributed by atoms with van der Waals surface area (Å²) in [6.45, 7) is 0. The van der Waals surface area contributed by atoms with Crippen LogP contribution in [0.15, 0.2) is 60.7 Å². The summed E-state index contributed by atoms with van der Waals surface area (Å²) in [6.07, 6.45) is 2.75. The molecule has 2 aromatic carbocycles. The normalized spacial score (nSPS) is 11.8. The molecule has 0 radical (unpaired) electrons. The number of carbonyl (C=O) groups excluding carboxylic acids is 1. The van der Waals surface area contributed by atoms with E-state index in [1.807, 2.05) is 42.7 Å². The molecule has 0 aliphatic carbocycles. The predicted octanol–water partition coefficient (Wildman–Crippen LogP) is 3.45. The van der Waals surface area contributed by atoms with Crippen LogP contribution in [0.2, 0.25) is 0 Å². The number of rotatable bonds is 6. The lowest BCUT2D eigenvalue weighted by Crippen LogP contribution is -2.31. The van der Waals surface area contributed by atoms with Gasteiger partial charge in [0.1, 0.15) is 0 Å². The fourth-order valence-electron chi connectivity index (χ4n) is 2.15. The van der Waals surface area contributed by atoms with E-state index in [1.165, 1.54) is 5.56 Å². The first-order chi connectivity index (χ1) is 9.79. The molecular weight excluding hydrogens is 266 g/mol. The Kier molecular flexibility index (Phi) is 5.69. The summed E-state index contributed by atoms with van der Waals surface area (Å²) in [5, 5.41) is 3.12. The second kappa shape index (κ2) is 7.75. The van der Waals surface area contributed by atoms with Gasteiger partial charge in [0, 0.05) is 0 Å². The summed E-state index contributed by atoms with van der Waals surface area (Å²) < 4.78 is 0. The second-order valence-electron chi connectivity index (χ2n) is 4.65. The SMILES string of the molecule is CSCC(=O)NC(Cc1ccccc1)c1ccccc1. The number of thioether (sulfide) groups is 1. The molecule has 0 saturated carbocycles. The molecule has 20 heavy (non-hydrogen) atoms. The molecular formula is C17H19NOS. The van der Waals surface area contributed by atoms with Crippen LogP contribution >= 0.6 is 11.8 Å². The molecule has 104 valence electrons. The van der Waals surface area contributed by atoms with E-state index in [-0.39, 0.29) is 11.9 Å². The third kappa shape index (κ3) is 4.42. The Bertz CT molecular complexity index is 527. The van der Waals surface area contributed by atoms with E-state index in [1.54, 1.807) is 11.8 Å². The summed E-state index contributed by atoms with van der Waals surface area (Å²) in [6, 6.07) is 20.4. The highest BCUT2D eigenvalue weighted by Crippen LogP contribution is 2.18. The van der Waals surface area contributed by atoms with Crippen LogP contribution in [-0.2, 0) is 11.2 Å². The molecule has 0 bridgehead atoms. The lowest BCUT2D eigenvalue weighted by molar-refractivity contribution is -0.119. The van der Waals surface area contributed by atoms with Gasteiger partial charge in [0.15, 0.2) is 0 Å². The molecule has 0 saturated heterocycles. The molecule has 0 aliphatic rings. The molecule has 3 heteroatoms. The van der Waals surface area contributed by atoms with Crippen LogP contribution in [0.25, 0.3) is 0 Å². The van der Waals surface area contributed by atoms with Gasteiger partial charge in [0.2, 0.25) is 5.91 Å². The maximum atomic E-state index is 11.9. The molecule has 1 unspecified atom stereocenters. The van der Waals surface area contributed by atoms with Gasteiger partial charge in [-0.05, 0) is 23.8 Å². The van der Waals surface area contributed by atoms with E-state index < -0.39 is 0 Å². The minimum Gasteiger partial charge on any atom is -0.348 e. The minimum absolute atomic E-state index is 0.0262. The number of benzene rings is 2. The Morgan fingerprint density at radius 1 is 1.05 bits per heavy atom. The second-order valence-corrected chi connectivity index (χ2v) is 5.52. The van der Waals surface area contributed by atoms with Crippen molar-refractivity contribution in [1.82, 2.24) is 5.32 Å². The van der Waals surface area contributed by atoms with Gasteiger partial charge in [-0.3, -0.25) is 4.79 Å². The van der Waals surface area contributed by atoms with Crippen molar-refractivity contribution in [3.05, 3.63) is 71.8 Å². The molecule has 2 aromatic rings. The lowest BCUT2D eigenvalue weighted by atomic mass is 9.99. The number of hydrogen-bond donors (Lipinski definition) is 1. The quantitative estimate of drug-likeness (QED) is 0.881. The van der Waals surface area contributed by atoms with Gasteiger partial charge in [0.05, 0.1) is 11.8 Å². The van der Waals surface area contributed by atoms with Crippen molar-refractivity contribution in [2.24, 2.45) is 0 Å². The van der Waals surface area contributed by atoms with Crippen LogP contribution < -0.4 is 5.32 Å². The van der Waals surface area contributed by atoms with Crippen LogP contribution in [0, 0.1) is 0 Å². The molecule has 1 atom stereocenters. The van der Waals surface area contributed by atoms with Crippen molar-refractivity contribution in [3.63, 3.8) is 0 Å². The van der Waals surface area contributed by atoms with Gasteiger partial charge in [-0.2, -0.15) is 11.8 Å². The van der Waals surface area contributed by atoms with E-state index in [4.69, 9.17) is 0 Å². The van der Waals surface area contributed by atoms with Crippen molar-refractivity contribution in [1.29, 1.82) is 0 Å². The zero-order chi connectivity index (χ0) is 14.2. The third-order valence-corrected chi connectivity index (χ3v) is 3.65. The molecule has 0 aromatic heterocycles. The first-order valence-electron chi connectivity index (χ1n) is 6.67. The first-order valence-corrected chi connectivity index (χ1v) is 8.06. The van der Waals surface area contributed by atoms with Crippen molar-refractivity contribution < 1.29 is 4.79 Å². The topological polar surface area (TPSA) is 29.1 Å². The van der Waals surface area contributed by atoms with E-state index in [9.17, 15) is 4.79 Å². The molecule has 2 rings (SSSR count). The fraction of sp³-hybridized carbons (Fsp3) is 0.235. The van der Waals surface area contributed by atoms with Gasteiger partial charge < -0.3 is 5.32 Å². The maximum absolute atomic E-state index is 11.9. The average Bonchev–Trinajstić information content (AvgIpc) is 2.49. The number of nitrogens with one attached hydrogen (secondary N) is 1. The molecule has 0 heterocycles. The average molecular weight is 285 g/mol. The van der Waals surface area contributed by atoms with E-state index in [0.29, 0.717) is 5.75 Å². The Morgan fingerprint density at radius 3 is 2.25 bits per heavy atom. The number of amides is 1. The van der Waals surface area contributed by atoms with E-state index in [0.717, 1.165) is 12.0 Å². The molecule has 2 nitrogen and oxygen atoms in total. The standard InChI is InChI=1S/C17H19NOS/c1-20-13-17(19)18-16(15-10-6-3-7-11-15)12-14-8-4-2-5-9-14/h2-11,16H,12-13H2,1H3,(H,18,19). The smallest absolute Gasteiger partial charge is 0.230 e. The Hall–Kier alpha value is -1.74. The van der Waals surface area contributed by atoms with Crippen LogP contribution in [0.1, 0.15) is 17.2 Å². The van der Waals surface area contributed by atoms with E-state index >= 15 is 0 Å². The highest BCUT2D eigenvalue weighted by molar-refractivity contribution is 7.99. The molecule has 0 aliphatic heterocycles. The Morgan fingerprint density at radius 2 is 1.65 bits per heavy atom. The summed E-state index contributed by atoms with van der Waals surface area (Å²) in [5.74, 6) is 0.584. The summed E-state index contributed by atoms with van der Waals surface area (Å²) in [5.41, 5.74) is 2.37. The molecule has 1 N–H and O–H groups in total. The predicted molar refractivity (Wildman–Crippen MR) is 85.9 cm³/mol. The Balaban J connectivity index is 2.14. The van der Waals surface area contributed by atoms with Gasteiger partial charge in [-0.25, -0.2) is 0 Å². The van der Waals surface area contributed by atoms with Crippen molar-refractivity contribution in [2.75, 3.05) is 12.0 Å². The van der Waals surface area contributed by atoms with E-state index in [2.05, 4.69) is 29.6 Å². The third-order valence-electron chi connectivity index (χ3n) is 3.10. The molecule has 0 spiro atoms. The highest BCUT2D eigenvalue weighted by Gasteiger charge is 2.14. The van der Waals surface area contributed by atoms with Gasteiger partial charge in [-0.15, -0.1) is 0 Å². The summed E-state index contributed by atoms with van der Waals surface area (Å²) >= 11 is 1.54. The summed E-state index contributed by atoms with van der Waals surface area (Å²) in [4.78, 5) is 11.9. The summed E-state index contributed by atoms with van der Waals surface area (Å²) in [7, 11) is 0. The van der Waals surface area contributed by atoms with Gasteiger partial charge in [0.25, 0.3) is 0 Å². The Labute approximate surface area is 124 Å². The lowest BCUT2D eigenvalue weighted by Gasteiger charge is -2.19. The van der Waals surface area contributed by atoms with Gasteiger partial charge >= 0.3 is 0 Å². The largest absolute Gasteiger partial charge is 0.348 e. The molecule has 1 amide bonds. The van der Waals surface area contributed by atoms with Crippen molar-refractivity contribution >= 4 is 17.7 Å². The van der Waals surface area contributed by atoms with Crippen molar-refractivity contribution in [2.45, 2.75) is 12.5 Å². The number of hydrogen-bond acceptors (Lipinski definition) is 2. The monoisotopic (exact) mass is 285 g/mol. The highest BCUT2D eigenvalue weighted by atomic mass is 32.2. The minimum atomic E-state index is 0.0262. The molecule has 0 fully saturated rings. The van der Waals surface area contributed by atoms with Crippen molar-refractivity contribution in [3.8, 4) is 0 Å². The van der Waals surface area contributed by atoms with Crippen LogP contribution in [0.5, 0.6) is 0 Å². The zero-order valence-electron chi connectivity index (χ0n) is 11.6.